The number of nitrogens with zero attached hydrogens (tertiary/aromatic N) is 10. The Morgan fingerprint density at radius 2 is 0.720 bits per heavy atom. The van der Waals surface area contributed by atoms with Gasteiger partial charge in [0.25, 0.3) is 22.2 Å². The number of hydrogen-bond acceptors (Lipinski definition) is 13. The van der Waals surface area contributed by atoms with Crippen molar-refractivity contribution in [1.29, 1.82) is 5.26 Å². The number of imidazole rings is 4. The van der Waals surface area contributed by atoms with Crippen LogP contribution in [0.2, 0.25) is 0 Å². The van der Waals surface area contributed by atoms with Gasteiger partial charge in [0, 0.05) is 73.5 Å². The van der Waals surface area contributed by atoms with Crippen LogP contribution in [0.4, 0.5) is 17.1 Å². The number of likely N-dealkylation sites (tertiary alicyclic amines) is 1. The van der Waals surface area contributed by atoms with Crippen LogP contribution in [0.3, 0.4) is 0 Å². The van der Waals surface area contributed by atoms with Gasteiger partial charge in [0.15, 0.2) is 0 Å². The lowest BCUT2D eigenvalue weighted by Gasteiger charge is -2.36. The lowest BCUT2D eigenvalue weighted by Crippen LogP contribution is -2.44. The third-order valence-corrected chi connectivity index (χ3v) is 22.6. The number of anilines is 3. The number of β-amino-alcohol motifs (C(OH)–C–C–N with tert-alkyl or cyclic N) is 1. The minimum absolute atomic E-state index is 0.0944. The van der Waals surface area contributed by atoms with Gasteiger partial charge in [0.05, 0.1) is 117 Å². The fourth-order valence-corrected chi connectivity index (χ4v) is 16.4. The van der Waals surface area contributed by atoms with Gasteiger partial charge in [0.2, 0.25) is 0 Å². The van der Waals surface area contributed by atoms with Gasteiger partial charge in [0.1, 0.15) is 28.7 Å². The van der Waals surface area contributed by atoms with Crippen LogP contribution in [0, 0.1) is 96.8 Å². The molecule has 0 saturated carbocycles. The van der Waals surface area contributed by atoms with Crippen molar-refractivity contribution in [3.8, 4) is 43.1 Å². The molecule has 7 aromatic carbocycles. The first kappa shape index (κ1) is 82.9. The Bertz CT molecular complexity index is 6700. The summed E-state index contributed by atoms with van der Waals surface area (Å²) in [4.78, 5) is 53.4. The van der Waals surface area contributed by atoms with E-state index in [2.05, 4.69) is 96.6 Å². The van der Waals surface area contributed by atoms with Crippen LogP contribution in [0.5, 0.6) is 0 Å². The number of piperidine rings is 1. The first-order chi connectivity index (χ1) is 57.0. The Hall–Kier alpha value is -13.1. The number of rotatable bonds is 21. The predicted octanol–water partition coefficient (Wildman–Crippen LogP) is 13.6. The van der Waals surface area contributed by atoms with E-state index < -0.39 is 24.4 Å². The Labute approximate surface area is 685 Å². The van der Waals surface area contributed by atoms with Crippen molar-refractivity contribution < 1.29 is 20.4 Å². The fraction of sp³-hybridized carbons (Fsp3) is 0.289. The molecule has 1 aliphatic rings. The minimum atomic E-state index is -0.711. The highest BCUT2D eigenvalue weighted by Crippen LogP contribution is 2.31. The van der Waals surface area contributed by atoms with Crippen LogP contribution in [-0.4, -0.2) is 124 Å². The zero-order valence-electron chi connectivity index (χ0n) is 68.3. The number of aliphatic hydroxyl groups excluding tert-OH is 4. The maximum absolute atomic E-state index is 12.8. The monoisotopic (exact) mass is 1580 g/mol. The third kappa shape index (κ3) is 17.1. The summed E-state index contributed by atoms with van der Waals surface area (Å²) in [5.41, 5.74) is 21.7. The highest BCUT2D eigenvalue weighted by Gasteiger charge is 2.27. The van der Waals surface area contributed by atoms with Crippen molar-refractivity contribution >= 4 is 83.8 Å². The summed E-state index contributed by atoms with van der Waals surface area (Å²) in [6, 6.07) is 61.9. The Morgan fingerprint density at radius 1 is 0.390 bits per heavy atom. The van der Waals surface area contributed by atoms with Crippen LogP contribution in [0.25, 0.3) is 66.7 Å². The first-order valence-electron chi connectivity index (χ1n) is 40.2. The van der Waals surface area contributed by atoms with Crippen molar-refractivity contribution in [1.82, 2.24) is 40.8 Å². The number of para-hydroxylation sites is 8. The van der Waals surface area contributed by atoms with E-state index in [1.54, 1.807) is 42.7 Å². The van der Waals surface area contributed by atoms with E-state index in [-0.39, 0.29) is 28.8 Å². The average molecular weight is 1580 g/mol. The molecule has 1 fully saturated rings. The molecule has 16 rings (SSSR count). The van der Waals surface area contributed by atoms with Gasteiger partial charge in [-0.15, -0.1) is 19.3 Å². The standard InChI is InChI=1S/C25H25N3O2.C24H24N4O2.C24H23N3O2.C24H29N3O2/c1-5-21-18(4)13-24(30)28-23-9-7-6-8-22(23)27(25(21)28)15-20(29)14-26-19-11-10-16(2)17(3)12-19;1-3-17-8-10-18(11-9-17)26-14-19(29)15-27-21-6-4-5-7-22(21)28-23(30)12-16(2)20(13-25)24(27)28;1-4-20-17(3)13-23(29)27-22-8-6-5-7-21(22)26(24(20)27)15-19(28)14-25-18-11-9-16(2)10-12-18;1-4-18-10-8-9-13-25(18)15-19(28)16-26-21-11-6-7-12-22(21)27-23(29)14-17(3)20(5-2)24(26)27/h1,6-13,20,26,29H,14-15H2,2-4H3;4-12,19,26,29H,3,14-15H2,1-2H3;1,5-13,19,25,28H,14-15H2,2-3H3;2,6-7,11-12,14,18-19,28H,4,8-10,13,15-16H2,1,3H3. The number of hydrogen-bond donors (Lipinski definition) is 7. The number of benzene rings is 7. The van der Waals surface area contributed by atoms with E-state index in [4.69, 9.17) is 19.3 Å². The quantitative estimate of drug-likeness (QED) is 0.0331. The predicted molar refractivity (Wildman–Crippen MR) is 476 cm³/mol. The van der Waals surface area contributed by atoms with E-state index in [9.17, 15) is 44.9 Å². The fourth-order valence-electron chi connectivity index (χ4n) is 16.4. The molecule has 0 aliphatic carbocycles. The molecule has 9 heterocycles. The van der Waals surface area contributed by atoms with Gasteiger partial charge < -0.3 is 54.6 Å². The molecule has 0 bridgehead atoms. The summed E-state index contributed by atoms with van der Waals surface area (Å²) < 4.78 is 14.3. The van der Waals surface area contributed by atoms with Gasteiger partial charge >= 0.3 is 0 Å². The lowest BCUT2D eigenvalue weighted by molar-refractivity contribution is 0.0581. The molecule has 1 saturated heterocycles. The van der Waals surface area contributed by atoms with Gasteiger partial charge in [-0.3, -0.25) is 41.7 Å². The molecule has 21 heteroatoms. The highest BCUT2D eigenvalue weighted by atomic mass is 16.3. The van der Waals surface area contributed by atoms with Gasteiger partial charge in [-0.1, -0.05) is 122 Å². The average Bonchev–Trinajstić information content (AvgIpc) is 1.60. The number of nitrogens with one attached hydrogen (secondary N) is 3. The molecule has 0 amide bonds. The highest BCUT2D eigenvalue weighted by molar-refractivity contribution is 5.88. The van der Waals surface area contributed by atoms with Crippen LogP contribution in [0.15, 0.2) is 207 Å². The molecule has 1 aliphatic heterocycles. The van der Waals surface area contributed by atoms with Crippen molar-refractivity contribution in [3.63, 3.8) is 0 Å². The van der Waals surface area contributed by atoms with Crippen LogP contribution >= 0.6 is 0 Å². The molecule has 0 radical (unpaired) electrons. The van der Waals surface area contributed by atoms with Crippen LogP contribution in [-0.2, 0) is 32.6 Å². The normalized spacial score (nSPS) is 13.9. The van der Waals surface area contributed by atoms with Crippen LogP contribution in [0.1, 0.15) is 106 Å². The number of aliphatic hydroxyl groups is 4. The van der Waals surface area contributed by atoms with Gasteiger partial charge in [-0.25, -0.2) is 0 Å². The summed E-state index contributed by atoms with van der Waals surface area (Å²) in [7, 11) is 0. The molecular formula is C97H101N13O8. The SMILES string of the molecule is C#Cc1c(C)cc(=O)n2c3ccccc3n(CC(O)CN3CCCCC3CC)c12.C#Cc1c(C)cc(=O)n2c3ccccc3n(CC(O)CNc3ccc(C)c(C)c3)c12.C#Cc1c(C)cc(=O)n2c3ccccc3n(CC(O)CNc3ccc(C)cc3)c12.CCc1ccc(NCC(O)Cn2c3ccccc3n3c(=O)cc(C)c(C#N)c23)cc1. The van der Waals surface area contributed by atoms with Gasteiger partial charge in [-0.05, 0) is 205 Å². The molecular weight excluding hydrogens is 1480 g/mol. The number of aryl methyl sites for hydroxylation is 8. The summed E-state index contributed by atoms with van der Waals surface area (Å²) in [6.45, 7) is 21.9. The van der Waals surface area contributed by atoms with E-state index in [0.29, 0.717) is 102 Å². The smallest absolute Gasteiger partial charge is 0.257 e. The second kappa shape index (κ2) is 36.4. The van der Waals surface area contributed by atoms with Crippen molar-refractivity contribution in [2.75, 3.05) is 48.7 Å². The Balaban J connectivity index is 0.000000136. The number of terminal acetylenes is 3. The minimum Gasteiger partial charge on any atom is -0.390 e. The summed E-state index contributed by atoms with van der Waals surface area (Å²) in [6.07, 6.45) is 20.6. The molecule has 5 atom stereocenters. The third-order valence-electron chi connectivity index (χ3n) is 22.6. The van der Waals surface area contributed by atoms with E-state index >= 15 is 0 Å². The van der Waals surface area contributed by atoms with Crippen molar-refractivity contribution in [3.05, 3.63) is 296 Å². The van der Waals surface area contributed by atoms with E-state index in [0.717, 1.165) is 97.3 Å². The largest absolute Gasteiger partial charge is 0.390 e. The Kier molecular flexibility index (Phi) is 25.6. The van der Waals surface area contributed by atoms with Crippen molar-refractivity contribution in [2.45, 2.75) is 151 Å². The number of nitriles is 1. The number of aromatic nitrogens is 8. The Morgan fingerprint density at radius 3 is 1.07 bits per heavy atom. The number of fused-ring (bicyclic) bond motifs is 12. The molecule has 8 aromatic heterocycles. The topological polar surface area (TPSA) is 250 Å². The summed E-state index contributed by atoms with van der Waals surface area (Å²) >= 11 is 0. The van der Waals surface area contributed by atoms with E-state index in [1.165, 1.54) is 47.6 Å². The molecule has 7 N–H and O–H groups in total. The zero-order valence-corrected chi connectivity index (χ0v) is 68.3. The molecule has 5 unspecified atom stereocenters. The maximum Gasteiger partial charge on any atom is 0.257 e. The zero-order chi connectivity index (χ0) is 83.8. The number of pyridine rings is 4. The molecule has 602 valence electrons. The second-order valence-corrected chi connectivity index (χ2v) is 30.8. The van der Waals surface area contributed by atoms with Crippen molar-refractivity contribution in [2.24, 2.45) is 0 Å². The summed E-state index contributed by atoms with van der Waals surface area (Å²) in [5.74, 6) is 8.22. The van der Waals surface area contributed by atoms with Gasteiger partial charge in [-0.2, -0.15) is 5.26 Å². The second-order valence-electron chi connectivity index (χ2n) is 30.8. The maximum atomic E-state index is 12.8. The lowest BCUT2D eigenvalue weighted by atomic mass is 9.99. The molecule has 0 spiro atoms. The molecule has 15 aromatic rings. The van der Waals surface area contributed by atoms with Crippen LogP contribution < -0.4 is 38.2 Å². The molecule has 21 nitrogen and oxygen atoms in total. The van der Waals surface area contributed by atoms with E-state index in [1.807, 2.05) is 185 Å². The summed E-state index contributed by atoms with van der Waals surface area (Å²) in [5, 5.41) is 62.8. The molecule has 118 heavy (non-hydrogen) atoms. The first-order valence-corrected chi connectivity index (χ1v) is 40.2.